The molecule has 0 aromatic carbocycles. The summed E-state index contributed by atoms with van der Waals surface area (Å²) >= 11 is 0. The van der Waals surface area contributed by atoms with Gasteiger partial charge in [-0.15, -0.1) is 0 Å². The van der Waals surface area contributed by atoms with Crippen LogP contribution in [0.4, 0.5) is 0 Å². The van der Waals surface area contributed by atoms with Crippen molar-refractivity contribution in [3.05, 3.63) is 109 Å². The molecule has 308 valence electrons. The van der Waals surface area contributed by atoms with Crippen molar-refractivity contribution in [2.75, 3.05) is 41.0 Å². The number of esters is 2. The molecule has 0 heterocycles. The highest BCUT2D eigenvalue weighted by Gasteiger charge is 2.31. The number of unbranched alkanes of at least 4 members (excludes halogenated alkanes) is 8. The highest BCUT2D eigenvalue weighted by molar-refractivity contribution is 5.72. The second-order valence-electron chi connectivity index (χ2n) is 14.3. The number of rotatable bonds is 34. The van der Waals surface area contributed by atoms with Gasteiger partial charge in [0.2, 0.25) is 0 Å². The number of hydrogen-bond donors (Lipinski definition) is 1. The van der Waals surface area contributed by atoms with Gasteiger partial charge >= 0.3 is 17.9 Å². The fraction of sp³-hybridized carbons (Fsp3) is 0.553. The lowest BCUT2D eigenvalue weighted by Crippen LogP contribution is -2.50. The number of allylic oxidation sites excluding steroid dienone is 18. The summed E-state index contributed by atoms with van der Waals surface area (Å²) in [7, 11) is 5.48. The molecule has 0 aliphatic heterocycles. The van der Waals surface area contributed by atoms with Gasteiger partial charge in [0.15, 0.2) is 12.1 Å². The molecule has 1 N–H and O–H groups in total. The number of carboxylic acids is 1. The van der Waals surface area contributed by atoms with Crippen molar-refractivity contribution in [3.63, 3.8) is 0 Å². The third-order valence-corrected chi connectivity index (χ3v) is 8.36. The molecule has 55 heavy (non-hydrogen) atoms. The predicted molar refractivity (Wildman–Crippen MR) is 229 cm³/mol. The van der Waals surface area contributed by atoms with Gasteiger partial charge in [-0.3, -0.25) is 9.59 Å². The zero-order valence-electron chi connectivity index (χ0n) is 34.8. The number of aliphatic carboxylic acids is 1. The highest BCUT2D eigenvalue weighted by atomic mass is 16.6. The number of ether oxygens (including phenoxy) is 3. The standard InChI is InChI=1S/C47H73NO7/c1-6-8-10-12-14-16-18-20-21-22-23-24-25-26-28-30-32-34-36-38-46(50)55-43(41-53-40-39-44(47(51)52)48(3,4)5)42-54-45(49)37-35-33-31-29-27-19-17-15-13-11-9-7-2/h8-12,14-18,20-26,28,43-44H,6-7,13,19,27,29-42H2,1-5H3/p+1/b10-8+,11-9+,14-12+,17-15+,18-16+,21-20+,23-22+,25-24+,28-26+. The van der Waals surface area contributed by atoms with Gasteiger partial charge in [0.25, 0.3) is 0 Å². The number of hydrogen-bond acceptors (Lipinski definition) is 6. The molecule has 2 unspecified atom stereocenters. The third-order valence-electron chi connectivity index (χ3n) is 8.36. The van der Waals surface area contributed by atoms with E-state index in [-0.39, 0.29) is 42.7 Å². The van der Waals surface area contributed by atoms with Crippen LogP contribution >= 0.6 is 0 Å². The fourth-order valence-electron chi connectivity index (χ4n) is 5.23. The Bertz CT molecular complexity index is 1260. The molecule has 0 aliphatic rings. The lowest BCUT2D eigenvalue weighted by molar-refractivity contribution is -0.887. The van der Waals surface area contributed by atoms with Gasteiger partial charge < -0.3 is 23.8 Å². The molecule has 0 radical (unpaired) electrons. The van der Waals surface area contributed by atoms with Crippen molar-refractivity contribution in [2.24, 2.45) is 0 Å². The maximum Gasteiger partial charge on any atom is 0.362 e. The van der Waals surface area contributed by atoms with Crippen LogP contribution < -0.4 is 0 Å². The molecule has 2 atom stereocenters. The van der Waals surface area contributed by atoms with Crippen LogP contribution in [0.5, 0.6) is 0 Å². The van der Waals surface area contributed by atoms with Crippen molar-refractivity contribution >= 4 is 17.9 Å². The SMILES string of the molecule is CC/C=C/C=C/C=C/C=C/C=C/C=C/C=C/CCCCCC(=O)OC(COCCC(C(=O)O)[N+](C)(C)C)COC(=O)CCCCCCC/C=C/C/C=C/CC. The minimum atomic E-state index is -0.892. The summed E-state index contributed by atoms with van der Waals surface area (Å²) in [6.07, 6.45) is 49.9. The summed E-state index contributed by atoms with van der Waals surface area (Å²) in [6.45, 7) is 4.37. The van der Waals surface area contributed by atoms with Gasteiger partial charge in [0, 0.05) is 19.3 Å². The minimum Gasteiger partial charge on any atom is -0.477 e. The first-order chi connectivity index (χ1) is 26.6. The molecule has 8 nitrogen and oxygen atoms in total. The molecular weight excluding hydrogens is 691 g/mol. The van der Waals surface area contributed by atoms with Crippen molar-refractivity contribution in [3.8, 4) is 0 Å². The van der Waals surface area contributed by atoms with Gasteiger partial charge in [-0.2, -0.15) is 0 Å². The molecule has 0 saturated carbocycles. The number of carboxylic acid groups (broad SMARTS) is 1. The topological polar surface area (TPSA) is 99.1 Å². The lowest BCUT2D eigenvalue weighted by atomic mass is 10.1. The first-order valence-electron chi connectivity index (χ1n) is 20.5. The van der Waals surface area contributed by atoms with Crippen molar-refractivity contribution < 1.29 is 38.2 Å². The van der Waals surface area contributed by atoms with Crippen LogP contribution in [-0.2, 0) is 28.6 Å². The second kappa shape index (κ2) is 36.9. The molecule has 0 rings (SSSR count). The highest BCUT2D eigenvalue weighted by Crippen LogP contribution is 2.12. The van der Waals surface area contributed by atoms with E-state index in [4.69, 9.17) is 14.2 Å². The van der Waals surface area contributed by atoms with Gasteiger partial charge in [-0.1, -0.05) is 149 Å². The second-order valence-corrected chi connectivity index (χ2v) is 14.3. The quantitative estimate of drug-likeness (QED) is 0.0229. The number of nitrogens with zero attached hydrogens (tertiary/aromatic N) is 1. The van der Waals surface area contributed by atoms with E-state index in [1.165, 1.54) is 0 Å². The molecule has 8 heteroatoms. The van der Waals surface area contributed by atoms with Crippen LogP contribution in [0.1, 0.15) is 117 Å². The number of carbonyl (C=O) groups excluding carboxylic acids is 2. The zero-order valence-corrected chi connectivity index (χ0v) is 34.8. The van der Waals surface area contributed by atoms with Crippen LogP contribution in [0.3, 0.4) is 0 Å². The summed E-state index contributed by atoms with van der Waals surface area (Å²) in [5.41, 5.74) is 0. The maximum absolute atomic E-state index is 12.7. The van der Waals surface area contributed by atoms with Gasteiger partial charge in [0.1, 0.15) is 6.61 Å². The minimum absolute atomic E-state index is 0.0292. The average molecular weight is 765 g/mol. The summed E-state index contributed by atoms with van der Waals surface area (Å²) in [6, 6.07) is -0.632. The molecule has 0 aliphatic carbocycles. The third kappa shape index (κ3) is 35.4. The van der Waals surface area contributed by atoms with Crippen LogP contribution in [0.25, 0.3) is 0 Å². The van der Waals surface area contributed by atoms with Gasteiger partial charge in [-0.05, 0) is 57.8 Å². The van der Waals surface area contributed by atoms with E-state index in [1.807, 2.05) is 94.1 Å². The van der Waals surface area contributed by atoms with E-state index >= 15 is 0 Å². The molecular formula is C47H74NO7+. The summed E-state index contributed by atoms with van der Waals surface area (Å²) in [4.78, 5) is 36.9. The molecule has 0 bridgehead atoms. The summed E-state index contributed by atoms with van der Waals surface area (Å²) in [5, 5.41) is 9.60. The Labute approximate surface area is 334 Å². The van der Waals surface area contributed by atoms with E-state index in [9.17, 15) is 19.5 Å². The van der Waals surface area contributed by atoms with E-state index in [0.29, 0.717) is 19.3 Å². The normalized spacial score (nSPS) is 14.1. The number of likely N-dealkylation sites (N-methyl/N-ethyl adjacent to an activating group) is 1. The number of quaternary nitrogens is 1. The Balaban J connectivity index is 4.55. The zero-order chi connectivity index (χ0) is 40.7. The Morgan fingerprint density at radius 1 is 0.564 bits per heavy atom. The molecule has 0 amide bonds. The molecule has 0 saturated heterocycles. The summed E-state index contributed by atoms with van der Waals surface area (Å²) in [5.74, 6) is -1.57. The molecule has 0 spiro atoms. The Morgan fingerprint density at radius 2 is 1.05 bits per heavy atom. The largest absolute Gasteiger partial charge is 0.477 e. The Morgan fingerprint density at radius 3 is 1.64 bits per heavy atom. The smallest absolute Gasteiger partial charge is 0.362 e. The van der Waals surface area contributed by atoms with E-state index in [0.717, 1.165) is 77.0 Å². The van der Waals surface area contributed by atoms with Gasteiger partial charge in [0.05, 0.1) is 34.4 Å². The van der Waals surface area contributed by atoms with E-state index < -0.39 is 18.1 Å². The Hall–Kier alpha value is -4.01. The molecule has 0 aromatic rings. The first-order valence-corrected chi connectivity index (χ1v) is 20.5. The monoisotopic (exact) mass is 765 g/mol. The van der Waals surface area contributed by atoms with E-state index in [2.05, 4.69) is 50.3 Å². The first kappa shape index (κ1) is 51.0. The fourth-order valence-corrected chi connectivity index (χ4v) is 5.23. The van der Waals surface area contributed by atoms with Crippen LogP contribution in [0, 0.1) is 0 Å². The average Bonchev–Trinajstić information content (AvgIpc) is 3.14. The van der Waals surface area contributed by atoms with Crippen LogP contribution in [0.2, 0.25) is 0 Å². The predicted octanol–water partition coefficient (Wildman–Crippen LogP) is 10.9. The number of carbonyl (C=O) groups is 3. The van der Waals surface area contributed by atoms with Crippen LogP contribution in [-0.4, -0.2) is 80.6 Å². The Kier molecular flexibility index (Phi) is 34.2. The molecule has 0 fully saturated rings. The van der Waals surface area contributed by atoms with Crippen molar-refractivity contribution in [1.82, 2.24) is 0 Å². The molecule has 0 aromatic heterocycles. The van der Waals surface area contributed by atoms with Crippen molar-refractivity contribution in [1.29, 1.82) is 0 Å². The van der Waals surface area contributed by atoms with Crippen molar-refractivity contribution in [2.45, 2.75) is 129 Å². The van der Waals surface area contributed by atoms with Crippen LogP contribution in [0.15, 0.2) is 109 Å². The maximum atomic E-state index is 12.7. The van der Waals surface area contributed by atoms with E-state index in [1.54, 1.807) is 0 Å². The van der Waals surface area contributed by atoms with Gasteiger partial charge in [-0.25, -0.2) is 4.79 Å². The lowest BCUT2D eigenvalue weighted by Gasteiger charge is -2.31. The summed E-state index contributed by atoms with van der Waals surface area (Å²) < 4.78 is 17.2.